The first kappa shape index (κ1) is 14.9. The monoisotopic (exact) mass is 281 g/mol. The molecule has 1 aliphatic heterocycles. The van der Waals surface area contributed by atoms with Crippen molar-refractivity contribution in [2.75, 3.05) is 19.6 Å². The smallest absolute Gasteiger partial charge is 0.113 e. The molecule has 0 amide bonds. The van der Waals surface area contributed by atoms with Crippen LogP contribution in [-0.2, 0) is 5.54 Å². The summed E-state index contributed by atoms with van der Waals surface area (Å²) in [5.41, 5.74) is 7.67. The summed E-state index contributed by atoms with van der Waals surface area (Å²) in [4.78, 5) is 7.34. The summed E-state index contributed by atoms with van der Waals surface area (Å²) in [6.45, 7) is 10.1. The Balaban J connectivity index is 2.08. The van der Waals surface area contributed by atoms with Gasteiger partial charge in [0.25, 0.3) is 0 Å². The van der Waals surface area contributed by atoms with E-state index < -0.39 is 0 Å². The van der Waals surface area contributed by atoms with Crippen molar-refractivity contribution in [1.29, 1.82) is 0 Å². The summed E-state index contributed by atoms with van der Waals surface area (Å²) < 4.78 is 0. The molecule has 1 aromatic heterocycles. The summed E-state index contributed by atoms with van der Waals surface area (Å²) in [5.74, 6) is 0.496. The Kier molecular flexibility index (Phi) is 4.98. The highest BCUT2D eigenvalue weighted by Gasteiger charge is 2.33. The molecule has 1 atom stereocenters. The van der Waals surface area contributed by atoms with E-state index in [-0.39, 0.29) is 5.54 Å². The lowest BCUT2D eigenvalue weighted by Gasteiger charge is -2.26. The van der Waals surface area contributed by atoms with Gasteiger partial charge in [-0.3, -0.25) is 0 Å². The molecule has 1 fully saturated rings. The van der Waals surface area contributed by atoms with Crippen molar-refractivity contribution in [3.8, 4) is 0 Å². The highest BCUT2D eigenvalue weighted by molar-refractivity contribution is 7.09. The fourth-order valence-electron chi connectivity index (χ4n) is 2.75. The highest BCUT2D eigenvalue weighted by Crippen LogP contribution is 2.33. The van der Waals surface area contributed by atoms with Crippen molar-refractivity contribution in [3.05, 3.63) is 16.1 Å². The molecule has 2 rings (SSSR count). The molecule has 1 unspecified atom stereocenters. The zero-order valence-electron chi connectivity index (χ0n) is 12.5. The van der Waals surface area contributed by atoms with Crippen LogP contribution in [0.2, 0.25) is 0 Å². The standard InChI is InChI=1S/C15H27N3S/c1-4-8-18-9-5-6-15(16,7-10-18)14-17-13(11-19-14)12(2)3/h11-12H,4-10,16H2,1-3H3. The third-order valence-electron chi connectivity index (χ3n) is 4.05. The number of likely N-dealkylation sites (tertiary alicyclic amines) is 1. The Morgan fingerprint density at radius 3 is 2.84 bits per heavy atom. The summed E-state index contributed by atoms with van der Waals surface area (Å²) in [6.07, 6.45) is 4.52. The first-order valence-electron chi connectivity index (χ1n) is 7.52. The predicted octanol–water partition coefficient (Wildman–Crippen LogP) is 3.32. The van der Waals surface area contributed by atoms with Crippen LogP contribution in [0.5, 0.6) is 0 Å². The van der Waals surface area contributed by atoms with Gasteiger partial charge in [0, 0.05) is 11.9 Å². The number of hydrogen-bond acceptors (Lipinski definition) is 4. The van der Waals surface area contributed by atoms with Crippen LogP contribution >= 0.6 is 11.3 Å². The van der Waals surface area contributed by atoms with Crippen LogP contribution in [0.25, 0.3) is 0 Å². The van der Waals surface area contributed by atoms with Gasteiger partial charge in [0.15, 0.2) is 0 Å². The fourth-order valence-corrected chi connectivity index (χ4v) is 3.90. The van der Waals surface area contributed by atoms with E-state index in [0.29, 0.717) is 5.92 Å². The Morgan fingerprint density at radius 1 is 1.42 bits per heavy atom. The lowest BCUT2D eigenvalue weighted by atomic mass is 9.92. The van der Waals surface area contributed by atoms with E-state index in [1.807, 2.05) is 0 Å². The number of rotatable bonds is 4. The molecule has 0 saturated carbocycles. The Labute approximate surface area is 121 Å². The molecule has 0 aromatic carbocycles. The molecule has 0 radical (unpaired) electrons. The molecule has 1 saturated heterocycles. The van der Waals surface area contributed by atoms with Crippen LogP contribution < -0.4 is 5.73 Å². The van der Waals surface area contributed by atoms with Crippen LogP contribution in [-0.4, -0.2) is 29.5 Å². The number of aromatic nitrogens is 1. The molecule has 1 aliphatic rings. The van der Waals surface area contributed by atoms with Crippen molar-refractivity contribution in [2.24, 2.45) is 5.73 Å². The number of nitrogens with zero attached hydrogens (tertiary/aromatic N) is 2. The topological polar surface area (TPSA) is 42.1 Å². The van der Waals surface area contributed by atoms with Gasteiger partial charge in [-0.05, 0) is 44.7 Å². The Hall–Kier alpha value is -0.450. The first-order valence-corrected chi connectivity index (χ1v) is 8.40. The molecule has 0 aliphatic carbocycles. The van der Waals surface area contributed by atoms with Crippen LogP contribution in [0.15, 0.2) is 5.38 Å². The molecule has 2 N–H and O–H groups in total. The summed E-state index contributed by atoms with van der Waals surface area (Å²) in [7, 11) is 0. The molecule has 3 nitrogen and oxygen atoms in total. The summed E-state index contributed by atoms with van der Waals surface area (Å²) >= 11 is 1.75. The Morgan fingerprint density at radius 2 is 2.21 bits per heavy atom. The average molecular weight is 281 g/mol. The fraction of sp³-hybridized carbons (Fsp3) is 0.800. The van der Waals surface area contributed by atoms with Gasteiger partial charge in [0.2, 0.25) is 0 Å². The van der Waals surface area contributed by atoms with Crippen molar-refractivity contribution in [3.63, 3.8) is 0 Å². The second-order valence-corrected chi connectivity index (χ2v) is 6.94. The van der Waals surface area contributed by atoms with E-state index >= 15 is 0 Å². The number of hydrogen-bond donors (Lipinski definition) is 1. The molecule has 19 heavy (non-hydrogen) atoms. The SMILES string of the molecule is CCCN1CCCC(N)(c2nc(C(C)C)cs2)CC1. The molecule has 4 heteroatoms. The first-order chi connectivity index (χ1) is 9.05. The zero-order valence-corrected chi connectivity index (χ0v) is 13.3. The maximum atomic E-state index is 6.67. The van der Waals surface area contributed by atoms with Crippen molar-refractivity contribution >= 4 is 11.3 Å². The van der Waals surface area contributed by atoms with E-state index in [2.05, 4.69) is 31.1 Å². The number of thiazole rings is 1. The maximum Gasteiger partial charge on any atom is 0.113 e. The van der Waals surface area contributed by atoms with Gasteiger partial charge in [-0.15, -0.1) is 11.3 Å². The van der Waals surface area contributed by atoms with Gasteiger partial charge < -0.3 is 10.6 Å². The molecule has 1 aromatic rings. The largest absolute Gasteiger partial charge is 0.319 e. The molecule has 108 valence electrons. The Bertz CT molecular complexity index is 402. The zero-order chi connectivity index (χ0) is 13.9. The van der Waals surface area contributed by atoms with Gasteiger partial charge in [-0.2, -0.15) is 0 Å². The van der Waals surface area contributed by atoms with Crippen LogP contribution in [0.3, 0.4) is 0 Å². The van der Waals surface area contributed by atoms with Crippen LogP contribution in [0.1, 0.15) is 63.1 Å². The van der Waals surface area contributed by atoms with Gasteiger partial charge in [0.05, 0.1) is 11.2 Å². The lowest BCUT2D eigenvalue weighted by molar-refractivity contribution is 0.276. The second-order valence-electron chi connectivity index (χ2n) is 6.08. The quantitative estimate of drug-likeness (QED) is 0.920. The van der Waals surface area contributed by atoms with E-state index in [1.54, 1.807) is 11.3 Å². The molecule has 0 spiro atoms. The summed E-state index contributed by atoms with van der Waals surface area (Å²) in [5, 5.41) is 3.33. The third kappa shape index (κ3) is 3.56. The third-order valence-corrected chi connectivity index (χ3v) is 5.13. The molecule has 0 bridgehead atoms. The number of nitrogens with two attached hydrogens (primary N) is 1. The second kappa shape index (κ2) is 6.33. The summed E-state index contributed by atoms with van der Waals surface area (Å²) in [6, 6.07) is 0. The van der Waals surface area contributed by atoms with E-state index in [1.165, 1.54) is 31.6 Å². The maximum absolute atomic E-state index is 6.67. The van der Waals surface area contributed by atoms with Crippen molar-refractivity contribution in [2.45, 2.75) is 57.9 Å². The lowest BCUT2D eigenvalue weighted by Crippen LogP contribution is -2.38. The molecular weight excluding hydrogens is 254 g/mol. The van der Waals surface area contributed by atoms with E-state index in [0.717, 1.165) is 24.4 Å². The van der Waals surface area contributed by atoms with Crippen molar-refractivity contribution < 1.29 is 0 Å². The van der Waals surface area contributed by atoms with Gasteiger partial charge in [-0.1, -0.05) is 20.8 Å². The van der Waals surface area contributed by atoms with Gasteiger partial charge >= 0.3 is 0 Å². The average Bonchev–Trinajstić information content (AvgIpc) is 2.79. The molecular formula is C15H27N3S. The van der Waals surface area contributed by atoms with Gasteiger partial charge in [0.1, 0.15) is 5.01 Å². The van der Waals surface area contributed by atoms with E-state index in [4.69, 9.17) is 10.7 Å². The van der Waals surface area contributed by atoms with Crippen LogP contribution in [0, 0.1) is 0 Å². The van der Waals surface area contributed by atoms with Crippen molar-refractivity contribution in [1.82, 2.24) is 9.88 Å². The highest BCUT2D eigenvalue weighted by atomic mass is 32.1. The molecule has 2 heterocycles. The minimum absolute atomic E-state index is 0.194. The minimum Gasteiger partial charge on any atom is -0.319 e. The van der Waals surface area contributed by atoms with E-state index in [9.17, 15) is 0 Å². The van der Waals surface area contributed by atoms with Gasteiger partial charge in [-0.25, -0.2) is 4.98 Å². The normalized spacial score (nSPS) is 25.7. The van der Waals surface area contributed by atoms with Crippen LogP contribution in [0.4, 0.5) is 0 Å². The minimum atomic E-state index is -0.194. The predicted molar refractivity (Wildman–Crippen MR) is 82.7 cm³/mol.